The maximum absolute atomic E-state index is 12.7. The molecule has 0 heterocycles. The SMILES string of the molecule is NCCNCC(O)COc1ccccc1C(F)(F)F. The molecule has 4 nitrogen and oxygen atoms in total. The summed E-state index contributed by atoms with van der Waals surface area (Å²) in [7, 11) is 0. The van der Waals surface area contributed by atoms with Gasteiger partial charge >= 0.3 is 6.18 Å². The lowest BCUT2D eigenvalue weighted by atomic mass is 10.2. The van der Waals surface area contributed by atoms with Crippen LogP contribution in [0.2, 0.25) is 0 Å². The van der Waals surface area contributed by atoms with Crippen LogP contribution in [0.1, 0.15) is 5.56 Å². The maximum Gasteiger partial charge on any atom is 0.419 e. The van der Waals surface area contributed by atoms with Crippen LogP contribution >= 0.6 is 0 Å². The topological polar surface area (TPSA) is 67.5 Å². The zero-order valence-electron chi connectivity index (χ0n) is 10.3. The minimum absolute atomic E-state index is 0.214. The van der Waals surface area contributed by atoms with E-state index in [1.54, 1.807) is 0 Å². The molecule has 1 rings (SSSR count). The first-order valence-electron chi connectivity index (χ1n) is 5.83. The second kappa shape index (κ2) is 7.32. The molecule has 0 fully saturated rings. The Morgan fingerprint density at radius 2 is 2.00 bits per heavy atom. The second-order valence-corrected chi connectivity index (χ2v) is 3.95. The van der Waals surface area contributed by atoms with Crippen LogP contribution in [-0.2, 0) is 6.18 Å². The van der Waals surface area contributed by atoms with Crippen LogP contribution in [0.4, 0.5) is 13.2 Å². The van der Waals surface area contributed by atoms with Gasteiger partial charge in [0.1, 0.15) is 18.5 Å². The van der Waals surface area contributed by atoms with E-state index in [4.69, 9.17) is 10.5 Å². The lowest BCUT2D eigenvalue weighted by molar-refractivity contribution is -0.139. The molecule has 0 aliphatic heterocycles. The zero-order valence-corrected chi connectivity index (χ0v) is 10.3. The summed E-state index contributed by atoms with van der Waals surface area (Å²) in [6.45, 7) is 0.941. The summed E-state index contributed by atoms with van der Waals surface area (Å²) in [6.07, 6.45) is -5.37. The van der Waals surface area contributed by atoms with Crippen molar-refractivity contribution in [2.24, 2.45) is 5.73 Å². The first kappa shape index (κ1) is 15.7. The van der Waals surface area contributed by atoms with Gasteiger partial charge in [0.2, 0.25) is 0 Å². The third kappa shape index (κ3) is 5.46. The fraction of sp³-hybridized carbons (Fsp3) is 0.500. The van der Waals surface area contributed by atoms with Gasteiger partial charge in [-0.15, -0.1) is 0 Å². The van der Waals surface area contributed by atoms with Crippen molar-refractivity contribution in [3.8, 4) is 5.75 Å². The van der Waals surface area contributed by atoms with Gasteiger partial charge in [-0.2, -0.15) is 13.2 Å². The van der Waals surface area contributed by atoms with Crippen LogP contribution in [0.15, 0.2) is 24.3 Å². The molecule has 0 amide bonds. The van der Waals surface area contributed by atoms with E-state index in [1.807, 2.05) is 0 Å². The highest BCUT2D eigenvalue weighted by molar-refractivity contribution is 5.35. The van der Waals surface area contributed by atoms with Crippen molar-refractivity contribution in [2.75, 3.05) is 26.2 Å². The maximum atomic E-state index is 12.7. The van der Waals surface area contributed by atoms with Crippen molar-refractivity contribution in [1.82, 2.24) is 5.32 Å². The Hall–Kier alpha value is -1.31. The molecule has 0 spiro atoms. The minimum atomic E-state index is -4.47. The summed E-state index contributed by atoms with van der Waals surface area (Å²) in [5.41, 5.74) is 4.40. The van der Waals surface area contributed by atoms with Crippen LogP contribution < -0.4 is 15.8 Å². The zero-order chi connectivity index (χ0) is 14.3. The highest BCUT2D eigenvalue weighted by atomic mass is 19.4. The van der Waals surface area contributed by atoms with Crippen molar-refractivity contribution >= 4 is 0 Å². The number of ether oxygens (including phenoxy) is 1. The number of alkyl halides is 3. The number of aliphatic hydroxyl groups excluding tert-OH is 1. The van der Waals surface area contributed by atoms with E-state index in [9.17, 15) is 18.3 Å². The average molecular weight is 278 g/mol. The Balaban J connectivity index is 2.53. The summed E-state index contributed by atoms with van der Waals surface area (Å²) in [5.74, 6) is -0.284. The number of benzene rings is 1. The molecule has 7 heteroatoms. The summed E-state index contributed by atoms with van der Waals surface area (Å²) in [6, 6.07) is 4.90. The Kier molecular flexibility index (Phi) is 6.07. The number of hydrogen-bond donors (Lipinski definition) is 3. The van der Waals surface area contributed by atoms with Crippen LogP contribution in [0.3, 0.4) is 0 Å². The van der Waals surface area contributed by atoms with Gasteiger partial charge in [0.15, 0.2) is 0 Å². The van der Waals surface area contributed by atoms with E-state index >= 15 is 0 Å². The van der Waals surface area contributed by atoms with Crippen LogP contribution in [0.25, 0.3) is 0 Å². The molecule has 1 aromatic carbocycles. The predicted octanol–water partition coefficient (Wildman–Crippen LogP) is 0.993. The van der Waals surface area contributed by atoms with E-state index in [0.717, 1.165) is 6.07 Å². The fourth-order valence-corrected chi connectivity index (χ4v) is 1.44. The smallest absolute Gasteiger partial charge is 0.419 e. The summed E-state index contributed by atoms with van der Waals surface area (Å²) < 4.78 is 43.0. The number of hydrogen-bond acceptors (Lipinski definition) is 4. The number of nitrogens with two attached hydrogens (primary N) is 1. The summed E-state index contributed by atoms with van der Waals surface area (Å²) in [5, 5.41) is 12.4. The number of halogens is 3. The molecule has 0 aromatic heterocycles. The molecule has 19 heavy (non-hydrogen) atoms. The number of para-hydroxylation sites is 1. The third-order valence-electron chi connectivity index (χ3n) is 2.32. The van der Waals surface area contributed by atoms with Crippen LogP contribution in [0.5, 0.6) is 5.75 Å². The third-order valence-corrected chi connectivity index (χ3v) is 2.32. The monoisotopic (exact) mass is 278 g/mol. The van der Waals surface area contributed by atoms with Crippen LogP contribution in [0, 0.1) is 0 Å². The van der Waals surface area contributed by atoms with Gasteiger partial charge in [-0.05, 0) is 12.1 Å². The highest BCUT2D eigenvalue weighted by Crippen LogP contribution is 2.35. The lowest BCUT2D eigenvalue weighted by Crippen LogP contribution is -2.34. The van der Waals surface area contributed by atoms with Gasteiger partial charge < -0.3 is 20.9 Å². The molecule has 0 aliphatic carbocycles. The summed E-state index contributed by atoms with van der Waals surface area (Å²) in [4.78, 5) is 0. The fourth-order valence-electron chi connectivity index (χ4n) is 1.44. The van der Waals surface area contributed by atoms with Gasteiger partial charge in [-0.25, -0.2) is 0 Å². The van der Waals surface area contributed by atoms with Crippen molar-refractivity contribution < 1.29 is 23.0 Å². The second-order valence-electron chi connectivity index (χ2n) is 3.95. The van der Waals surface area contributed by atoms with Gasteiger partial charge in [0.05, 0.1) is 5.56 Å². The average Bonchev–Trinajstić information content (AvgIpc) is 2.36. The van der Waals surface area contributed by atoms with E-state index in [1.165, 1.54) is 18.2 Å². The van der Waals surface area contributed by atoms with Crippen molar-refractivity contribution in [3.63, 3.8) is 0 Å². The molecule has 0 saturated carbocycles. The minimum Gasteiger partial charge on any atom is -0.490 e. The quantitative estimate of drug-likeness (QED) is 0.651. The molecule has 0 aliphatic rings. The van der Waals surface area contributed by atoms with Gasteiger partial charge in [-0.1, -0.05) is 12.1 Å². The van der Waals surface area contributed by atoms with Gasteiger partial charge in [-0.3, -0.25) is 0 Å². The molecule has 1 unspecified atom stereocenters. The number of nitrogens with one attached hydrogen (secondary N) is 1. The van der Waals surface area contributed by atoms with Gasteiger partial charge in [0.25, 0.3) is 0 Å². The molecule has 0 saturated heterocycles. The molecule has 4 N–H and O–H groups in total. The van der Waals surface area contributed by atoms with Crippen molar-refractivity contribution in [2.45, 2.75) is 12.3 Å². The van der Waals surface area contributed by atoms with Crippen molar-refractivity contribution in [3.05, 3.63) is 29.8 Å². The normalized spacial score (nSPS) is 13.3. The van der Waals surface area contributed by atoms with Crippen molar-refractivity contribution in [1.29, 1.82) is 0 Å². The summed E-state index contributed by atoms with van der Waals surface area (Å²) >= 11 is 0. The van der Waals surface area contributed by atoms with Gasteiger partial charge in [0, 0.05) is 19.6 Å². The molecule has 0 bridgehead atoms. The van der Waals surface area contributed by atoms with Crippen LogP contribution in [-0.4, -0.2) is 37.5 Å². The largest absolute Gasteiger partial charge is 0.490 e. The first-order chi connectivity index (χ1) is 8.95. The highest BCUT2D eigenvalue weighted by Gasteiger charge is 2.34. The molecular weight excluding hydrogens is 261 g/mol. The lowest BCUT2D eigenvalue weighted by Gasteiger charge is -2.16. The number of aliphatic hydroxyl groups is 1. The number of rotatable bonds is 7. The molecular formula is C12H17F3N2O2. The molecule has 108 valence electrons. The Bertz CT molecular complexity index is 385. The first-order valence-corrected chi connectivity index (χ1v) is 5.83. The van der Waals surface area contributed by atoms with E-state index < -0.39 is 17.8 Å². The Morgan fingerprint density at radius 3 is 2.63 bits per heavy atom. The predicted molar refractivity (Wildman–Crippen MR) is 64.9 cm³/mol. The molecule has 0 radical (unpaired) electrons. The Labute approximate surface area is 109 Å². The van der Waals surface area contributed by atoms with E-state index in [0.29, 0.717) is 13.1 Å². The standard InChI is InChI=1S/C12H17F3N2O2/c13-12(14,15)10-3-1-2-4-11(10)19-8-9(18)7-17-6-5-16/h1-4,9,17-18H,5-8,16H2. The molecule has 1 atom stereocenters. The Morgan fingerprint density at radius 1 is 1.32 bits per heavy atom. The van der Waals surface area contributed by atoms with E-state index in [2.05, 4.69) is 5.32 Å². The van der Waals surface area contributed by atoms with E-state index in [-0.39, 0.29) is 18.9 Å². The molecule has 1 aromatic rings.